The standard InChI is InChI=1S/C24H19ClN.BF4/c25-23-13-11-19(12-14-23)18-26-16-15-22(20-7-3-1-4-8-20)17-24(26)21-9-5-2-6-10-21;2-1(3,4)5/h1-17H,18H2;/q+1;-1. The first kappa shape index (κ1) is 22.6. The highest BCUT2D eigenvalue weighted by Gasteiger charge is 2.20. The first-order chi connectivity index (χ1) is 14.8. The molecule has 1 nitrogen and oxygen atoms in total. The van der Waals surface area contributed by atoms with Crippen LogP contribution in [-0.2, 0) is 6.54 Å². The van der Waals surface area contributed by atoms with Crippen LogP contribution in [0.3, 0.4) is 0 Å². The Morgan fingerprint density at radius 2 is 1.16 bits per heavy atom. The lowest BCUT2D eigenvalue weighted by Gasteiger charge is -2.08. The zero-order valence-electron chi connectivity index (χ0n) is 16.4. The zero-order chi connectivity index (χ0) is 22.3. The molecule has 4 rings (SSSR count). The van der Waals surface area contributed by atoms with Crippen LogP contribution in [0.1, 0.15) is 5.56 Å². The molecule has 0 saturated heterocycles. The van der Waals surface area contributed by atoms with E-state index in [1.807, 2.05) is 24.3 Å². The normalized spacial score (nSPS) is 10.9. The molecule has 0 saturated carbocycles. The van der Waals surface area contributed by atoms with Gasteiger partial charge in [0.05, 0.1) is 0 Å². The summed E-state index contributed by atoms with van der Waals surface area (Å²) in [6.07, 6.45) is 2.17. The van der Waals surface area contributed by atoms with E-state index in [1.165, 1.54) is 27.9 Å². The summed E-state index contributed by atoms with van der Waals surface area (Å²) >= 11 is 6.02. The Labute approximate surface area is 183 Å². The number of pyridine rings is 1. The van der Waals surface area contributed by atoms with E-state index in [4.69, 9.17) is 11.6 Å². The highest BCUT2D eigenvalue weighted by molar-refractivity contribution is 6.50. The third-order valence-corrected chi connectivity index (χ3v) is 4.73. The number of benzene rings is 3. The fourth-order valence-corrected chi connectivity index (χ4v) is 3.25. The quantitative estimate of drug-likeness (QED) is 0.177. The summed E-state index contributed by atoms with van der Waals surface area (Å²) in [5, 5.41) is 0.765. The second-order valence-electron chi connectivity index (χ2n) is 6.78. The van der Waals surface area contributed by atoms with Crippen molar-refractivity contribution in [3.8, 4) is 22.4 Å². The molecule has 4 aromatic rings. The van der Waals surface area contributed by atoms with Crippen LogP contribution in [0.2, 0.25) is 5.02 Å². The van der Waals surface area contributed by atoms with Gasteiger partial charge in [-0.15, -0.1) is 0 Å². The molecular formula is C24H19BClF4N. The maximum atomic E-state index is 9.75. The van der Waals surface area contributed by atoms with Crippen molar-refractivity contribution in [1.29, 1.82) is 0 Å². The third kappa shape index (κ3) is 7.26. The lowest BCUT2D eigenvalue weighted by atomic mass is 10.0. The van der Waals surface area contributed by atoms with E-state index in [0.717, 1.165) is 11.6 Å². The highest BCUT2D eigenvalue weighted by Crippen LogP contribution is 2.24. The molecule has 3 aromatic carbocycles. The van der Waals surface area contributed by atoms with Gasteiger partial charge in [-0.25, -0.2) is 0 Å². The van der Waals surface area contributed by atoms with Crippen molar-refractivity contribution in [3.05, 3.63) is 114 Å². The van der Waals surface area contributed by atoms with Crippen molar-refractivity contribution in [2.45, 2.75) is 6.54 Å². The Morgan fingerprint density at radius 1 is 0.645 bits per heavy atom. The van der Waals surface area contributed by atoms with Crippen molar-refractivity contribution in [2.24, 2.45) is 0 Å². The van der Waals surface area contributed by atoms with E-state index in [0.29, 0.717) is 0 Å². The van der Waals surface area contributed by atoms with Crippen molar-refractivity contribution in [1.82, 2.24) is 0 Å². The van der Waals surface area contributed by atoms with Gasteiger partial charge in [0.1, 0.15) is 0 Å². The molecule has 0 spiro atoms. The van der Waals surface area contributed by atoms with Gasteiger partial charge in [0.25, 0.3) is 0 Å². The largest absolute Gasteiger partial charge is 0.673 e. The van der Waals surface area contributed by atoms with Crippen LogP contribution in [0.25, 0.3) is 22.4 Å². The van der Waals surface area contributed by atoms with Crippen LogP contribution in [0.4, 0.5) is 17.3 Å². The number of nitrogens with zero attached hydrogens (tertiary/aromatic N) is 1. The predicted octanol–water partition coefficient (Wildman–Crippen LogP) is 7.31. The fraction of sp³-hybridized carbons (Fsp3) is 0.0417. The van der Waals surface area contributed by atoms with Gasteiger partial charge in [-0.1, -0.05) is 72.3 Å². The van der Waals surface area contributed by atoms with Gasteiger partial charge >= 0.3 is 7.25 Å². The minimum Gasteiger partial charge on any atom is -0.418 e. The molecule has 0 aliphatic heterocycles. The van der Waals surface area contributed by atoms with Crippen LogP contribution >= 0.6 is 11.6 Å². The molecule has 0 amide bonds. The summed E-state index contributed by atoms with van der Waals surface area (Å²) in [6, 6.07) is 33.5. The number of hydrogen-bond acceptors (Lipinski definition) is 0. The lowest BCUT2D eigenvalue weighted by molar-refractivity contribution is -0.677. The SMILES string of the molecule is Clc1ccc(C[n+]2ccc(-c3ccccc3)cc2-c2ccccc2)cc1.F[B-](F)(F)F. The van der Waals surface area contributed by atoms with Gasteiger partial charge < -0.3 is 17.3 Å². The highest BCUT2D eigenvalue weighted by atomic mass is 35.5. The molecule has 0 N–H and O–H groups in total. The van der Waals surface area contributed by atoms with Crippen molar-refractivity contribution < 1.29 is 21.8 Å². The Hall–Kier alpha value is -3.12. The summed E-state index contributed by atoms with van der Waals surface area (Å²) in [6.45, 7) is 0.802. The Kier molecular flexibility index (Phi) is 7.47. The van der Waals surface area contributed by atoms with Crippen LogP contribution in [-0.4, -0.2) is 7.25 Å². The van der Waals surface area contributed by atoms with Gasteiger partial charge in [-0.05, 0) is 35.4 Å². The number of halogens is 5. The molecule has 0 unspecified atom stereocenters. The second-order valence-corrected chi connectivity index (χ2v) is 7.22. The molecule has 0 aliphatic carbocycles. The molecule has 0 bridgehead atoms. The molecule has 0 aliphatic rings. The van der Waals surface area contributed by atoms with E-state index in [1.54, 1.807) is 0 Å². The maximum Gasteiger partial charge on any atom is 0.673 e. The molecule has 0 atom stereocenters. The number of aromatic nitrogens is 1. The number of hydrogen-bond donors (Lipinski definition) is 0. The van der Waals surface area contributed by atoms with Crippen molar-refractivity contribution >= 4 is 18.9 Å². The van der Waals surface area contributed by atoms with Crippen LogP contribution in [0.15, 0.2) is 103 Å². The van der Waals surface area contributed by atoms with Gasteiger partial charge in [0, 0.05) is 28.3 Å². The molecule has 1 heterocycles. The molecule has 31 heavy (non-hydrogen) atoms. The molecule has 7 heteroatoms. The fourth-order valence-electron chi connectivity index (χ4n) is 3.12. The zero-order valence-corrected chi connectivity index (χ0v) is 17.2. The lowest BCUT2D eigenvalue weighted by Crippen LogP contribution is -2.36. The van der Waals surface area contributed by atoms with E-state index >= 15 is 0 Å². The molecule has 0 fully saturated rings. The average Bonchev–Trinajstić information content (AvgIpc) is 2.76. The topological polar surface area (TPSA) is 3.88 Å². The van der Waals surface area contributed by atoms with Crippen molar-refractivity contribution in [2.75, 3.05) is 0 Å². The van der Waals surface area contributed by atoms with E-state index in [2.05, 4.69) is 83.6 Å². The molecular weight excluding hydrogens is 425 g/mol. The third-order valence-electron chi connectivity index (χ3n) is 4.48. The van der Waals surface area contributed by atoms with Crippen LogP contribution < -0.4 is 4.57 Å². The Bertz CT molecular complexity index is 1100. The first-order valence-corrected chi connectivity index (χ1v) is 9.93. The summed E-state index contributed by atoms with van der Waals surface area (Å²) in [5.74, 6) is 0. The molecule has 0 radical (unpaired) electrons. The van der Waals surface area contributed by atoms with Crippen molar-refractivity contribution in [3.63, 3.8) is 0 Å². The summed E-state index contributed by atoms with van der Waals surface area (Å²) < 4.78 is 41.3. The smallest absolute Gasteiger partial charge is 0.418 e. The summed E-state index contributed by atoms with van der Waals surface area (Å²) in [5.41, 5.74) is 6.07. The van der Waals surface area contributed by atoms with Crippen LogP contribution in [0.5, 0.6) is 0 Å². The first-order valence-electron chi connectivity index (χ1n) is 9.56. The predicted molar refractivity (Wildman–Crippen MR) is 118 cm³/mol. The van der Waals surface area contributed by atoms with Gasteiger partial charge in [-0.2, -0.15) is 4.57 Å². The summed E-state index contributed by atoms with van der Waals surface area (Å²) in [7, 11) is -6.00. The Balaban J connectivity index is 0.000000491. The van der Waals surface area contributed by atoms with E-state index in [9.17, 15) is 17.3 Å². The Morgan fingerprint density at radius 3 is 1.71 bits per heavy atom. The maximum absolute atomic E-state index is 9.75. The van der Waals surface area contributed by atoms with Gasteiger partial charge in [0.2, 0.25) is 5.69 Å². The average molecular weight is 444 g/mol. The summed E-state index contributed by atoms with van der Waals surface area (Å²) in [4.78, 5) is 0. The van der Waals surface area contributed by atoms with Gasteiger partial charge in [0.15, 0.2) is 12.7 Å². The minimum absolute atomic E-state index is 0.765. The van der Waals surface area contributed by atoms with Gasteiger partial charge in [-0.3, -0.25) is 0 Å². The molecule has 158 valence electrons. The monoisotopic (exact) mass is 443 g/mol. The van der Waals surface area contributed by atoms with Crippen LogP contribution in [0, 0.1) is 0 Å². The van der Waals surface area contributed by atoms with E-state index in [-0.39, 0.29) is 0 Å². The number of rotatable bonds is 4. The molecule has 1 aromatic heterocycles. The second kappa shape index (κ2) is 10.3. The minimum atomic E-state index is -6.00. The van der Waals surface area contributed by atoms with E-state index < -0.39 is 7.25 Å².